The normalized spacial score (nSPS) is 18.9. The van der Waals surface area contributed by atoms with Crippen LogP contribution in [0.4, 0.5) is 13.2 Å². The minimum Gasteiger partial charge on any atom is -0.497 e. The summed E-state index contributed by atoms with van der Waals surface area (Å²) in [6, 6.07) is 18.5. The van der Waals surface area contributed by atoms with Crippen molar-refractivity contribution in [2.45, 2.75) is 23.0 Å². The molecular weight excluding hydrogens is 481 g/mol. The minimum absolute atomic E-state index is 0.0142. The van der Waals surface area contributed by atoms with Crippen LogP contribution in [0.5, 0.6) is 5.75 Å². The Morgan fingerprint density at radius 1 is 0.943 bits per heavy atom. The van der Waals surface area contributed by atoms with Crippen molar-refractivity contribution in [2.24, 2.45) is 0 Å². The minimum atomic E-state index is -4.50. The fraction of sp³-hybridized carbons (Fsp3) is 0.240. The molecule has 0 saturated carbocycles. The van der Waals surface area contributed by atoms with Crippen molar-refractivity contribution < 1.29 is 31.1 Å². The number of rotatable bonds is 6. The fourth-order valence-corrected chi connectivity index (χ4v) is 5.60. The van der Waals surface area contributed by atoms with E-state index in [1.54, 1.807) is 12.1 Å². The maximum atomic E-state index is 13.3. The summed E-state index contributed by atoms with van der Waals surface area (Å²) in [7, 11) is -2.37. The summed E-state index contributed by atoms with van der Waals surface area (Å²) in [6.07, 6.45) is -4.50. The highest BCUT2D eigenvalue weighted by molar-refractivity contribution is 7.89. The molecule has 0 aliphatic carbocycles. The van der Waals surface area contributed by atoms with Crippen molar-refractivity contribution in [2.75, 3.05) is 20.2 Å². The van der Waals surface area contributed by atoms with Crippen LogP contribution < -0.4 is 10.1 Å². The van der Waals surface area contributed by atoms with Gasteiger partial charge in [0.1, 0.15) is 5.75 Å². The number of hydrogen-bond donors (Lipinski definition) is 1. The lowest BCUT2D eigenvalue weighted by atomic mass is 9.94. The molecule has 6 nitrogen and oxygen atoms in total. The average Bonchev–Trinajstić information content (AvgIpc) is 3.28. The second-order valence-corrected chi connectivity index (χ2v) is 10.1. The smallest absolute Gasteiger partial charge is 0.416 e. The van der Waals surface area contributed by atoms with Gasteiger partial charge < -0.3 is 10.1 Å². The summed E-state index contributed by atoms with van der Waals surface area (Å²) < 4.78 is 71.6. The molecule has 3 aromatic carbocycles. The monoisotopic (exact) mass is 504 g/mol. The van der Waals surface area contributed by atoms with E-state index in [2.05, 4.69) is 5.32 Å². The number of nitrogens with one attached hydrogen (secondary N) is 1. The predicted octanol–water partition coefficient (Wildman–Crippen LogP) is 4.30. The molecule has 0 radical (unpaired) electrons. The van der Waals surface area contributed by atoms with Gasteiger partial charge in [-0.3, -0.25) is 4.79 Å². The second kappa shape index (κ2) is 9.71. The van der Waals surface area contributed by atoms with E-state index in [1.165, 1.54) is 23.5 Å². The van der Waals surface area contributed by atoms with E-state index in [9.17, 15) is 26.4 Å². The van der Waals surface area contributed by atoms with E-state index in [-0.39, 0.29) is 29.5 Å². The third kappa shape index (κ3) is 5.33. The number of benzene rings is 3. The van der Waals surface area contributed by atoms with Gasteiger partial charge >= 0.3 is 6.18 Å². The summed E-state index contributed by atoms with van der Waals surface area (Å²) in [6.45, 7) is 0.149. The molecule has 1 saturated heterocycles. The number of hydrogen-bond acceptors (Lipinski definition) is 4. The van der Waals surface area contributed by atoms with E-state index in [0.717, 1.165) is 29.8 Å². The molecule has 3 aromatic rings. The van der Waals surface area contributed by atoms with Gasteiger partial charge in [0.05, 0.1) is 23.6 Å². The molecule has 1 fully saturated rings. The Morgan fingerprint density at radius 2 is 1.57 bits per heavy atom. The largest absolute Gasteiger partial charge is 0.497 e. The molecule has 0 aromatic heterocycles. The molecule has 0 spiro atoms. The molecule has 1 N–H and O–H groups in total. The summed E-state index contributed by atoms with van der Waals surface area (Å²) in [5.41, 5.74) is 0.0489. The van der Waals surface area contributed by atoms with Gasteiger partial charge in [-0.2, -0.15) is 17.5 Å². The van der Waals surface area contributed by atoms with Crippen molar-refractivity contribution in [3.8, 4) is 5.75 Å². The summed E-state index contributed by atoms with van der Waals surface area (Å²) in [5.74, 6) is -0.398. The van der Waals surface area contributed by atoms with Crippen molar-refractivity contribution in [3.63, 3.8) is 0 Å². The van der Waals surface area contributed by atoms with E-state index < -0.39 is 33.7 Å². The number of halogens is 3. The summed E-state index contributed by atoms with van der Waals surface area (Å²) in [4.78, 5) is 13.0. The number of amides is 1. The van der Waals surface area contributed by atoms with Crippen LogP contribution in [0.1, 0.15) is 27.4 Å². The third-order valence-electron chi connectivity index (χ3n) is 6.00. The van der Waals surface area contributed by atoms with Gasteiger partial charge in [0.15, 0.2) is 0 Å². The molecule has 2 atom stereocenters. The molecule has 1 aliphatic heterocycles. The molecule has 1 heterocycles. The van der Waals surface area contributed by atoms with Gasteiger partial charge in [0.2, 0.25) is 10.0 Å². The van der Waals surface area contributed by atoms with E-state index in [4.69, 9.17) is 4.74 Å². The van der Waals surface area contributed by atoms with Crippen molar-refractivity contribution in [1.82, 2.24) is 9.62 Å². The van der Waals surface area contributed by atoms with Crippen LogP contribution in [0.3, 0.4) is 0 Å². The Kier molecular flexibility index (Phi) is 6.86. The van der Waals surface area contributed by atoms with Gasteiger partial charge in [-0.05, 0) is 54.1 Å². The predicted molar refractivity (Wildman–Crippen MR) is 124 cm³/mol. The van der Waals surface area contributed by atoms with Crippen molar-refractivity contribution in [3.05, 3.63) is 95.6 Å². The molecular formula is C25H23F3N2O4S. The lowest BCUT2D eigenvalue weighted by Gasteiger charge is -2.20. The summed E-state index contributed by atoms with van der Waals surface area (Å²) >= 11 is 0. The van der Waals surface area contributed by atoms with Crippen LogP contribution in [-0.2, 0) is 16.2 Å². The van der Waals surface area contributed by atoms with Gasteiger partial charge in [-0.15, -0.1) is 0 Å². The Hall–Kier alpha value is -3.37. The topological polar surface area (TPSA) is 75.7 Å². The third-order valence-corrected chi connectivity index (χ3v) is 7.85. The van der Waals surface area contributed by atoms with Gasteiger partial charge in [-0.1, -0.05) is 30.3 Å². The van der Waals surface area contributed by atoms with Gasteiger partial charge in [0.25, 0.3) is 5.91 Å². The number of carbonyl (C=O) groups is 1. The highest BCUT2D eigenvalue weighted by Gasteiger charge is 2.41. The molecule has 10 heteroatoms. The van der Waals surface area contributed by atoms with Crippen molar-refractivity contribution >= 4 is 15.9 Å². The molecule has 0 bridgehead atoms. The zero-order valence-electron chi connectivity index (χ0n) is 18.7. The molecule has 184 valence electrons. The number of methoxy groups -OCH3 is 1. The zero-order chi connectivity index (χ0) is 25.2. The molecule has 35 heavy (non-hydrogen) atoms. The number of alkyl halides is 3. The van der Waals surface area contributed by atoms with Crippen LogP contribution >= 0.6 is 0 Å². The lowest BCUT2D eigenvalue weighted by molar-refractivity contribution is -0.137. The molecule has 1 amide bonds. The molecule has 2 unspecified atom stereocenters. The van der Waals surface area contributed by atoms with Crippen LogP contribution in [0, 0.1) is 0 Å². The Balaban J connectivity index is 1.58. The van der Waals surface area contributed by atoms with Crippen LogP contribution in [-0.4, -0.2) is 44.9 Å². The van der Waals surface area contributed by atoms with Crippen LogP contribution in [0.15, 0.2) is 83.8 Å². The van der Waals surface area contributed by atoms with E-state index >= 15 is 0 Å². The Labute approximate surface area is 201 Å². The first-order valence-corrected chi connectivity index (χ1v) is 12.2. The highest BCUT2D eigenvalue weighted by atomic mass is 32.2. The van der Waals surface area contributed by atoms with E-state index in [1.807, 2.05) is 30.3 Å². The average molecular weight is 505 g/mol. The number of sulfonamides is 1. The maximum Gasteiger partial charge on any atom is 0.416 e. The fourth-order valence-electron chi connectivity index (χ4n) is 4.11. The first kappa shape index (κ1) is 24.7. The Bertz CT molecular complexity index is 1280. The summed E-state index contributed by atoms with van der Waals surface area (Å²) in [5, 5.41) is 2.83. The SMILES string of the molecule is COc1ccc(S(=O)(=O)N2CC(NC(=O)c3ccc(C(F)(F)F)cc3)C(c3ccccc3)C2)cc1. The quantitative estimate of drug-likeness (QED) is 0.543. The number of nitrogens with zero attached hydrogens (tertiary/aromatic N) is 1. The second-order valence-electron chi connectivity index (χ2n) is 8.17. The van der Waals surface area contributed by atoms with Crippen LogP contribution in [0.25, 0.3) is 0 Å². The standard InChI is InChI=1S/C25H23F3N2O4S/c1-34-20-11-13-21(14-12-20)35(32,33)30-15-22(17-5-3-2-4-6-17)23(16-30)29-24(31)18-7-9-19(10-8-18)25(26,27)28/h2-14,22-23H,15-16H2,1H3,(H,29,31). The van der Waals surface area contributed by atoms with Gasteiger partial charge in [0, 0.05) is 24.6 Å². The molecule has 1 aliphatic rings. The first-order valence-electron chi connectivity index (χ1n) is 10.8. The van der Waals surface area contributed by atoms with Gasteiger partial charge in [-0.25, -0.2) is 8.42 Å². The molecule has 4 rings (SSSR count). The number of ether oxygens (including phenoxy) is 1. The maximum absolute atomic E-state index is 13.3. The zero-order valence-corrected chi connectivity index (χ0v) is 19.5. The van der Waals surface area contributed by atoms with E-state index in [0.29, 0.717) is 5.75 Å². The van der Waals surface area contributed by atoms with Crippen molar-refractivity contribution in [1.29, 1.82) is 0 Å². The van der Waals surface area contributed by atoms with Crippen LogP contribution in [0.2, 0.25) is 0 Å². The lowest BCUT2D eigenvalue weighted by Crippen LogP contribution is -2.40. The first-order chi connectivity index (χ1) is 16.6. The highest BCUT2D eigenvalue weighted by Crippen LogP contribution is 2.33. The Morgan fingerprint density at radius 3 is 2.14 bits per heavy atom. The number of carbonyl (C=O) groups excluding carboxylic acids is 1.